The lowest BCUT2D eigenvalue weighted by atomic mass is 10.00. The summed E-state index contributed by atoms with van der Waals surface area (Å²) in [6.07, 6.45) is 11.8. The number of pyridine rings is 2. The number of benzene rings is 1. The Labute approximate surface area is 200 Å². The smallest absolute Gasteiger partial charge is 0.113 e. The van der Waals surface area contributed by atoms with Gasteiger partial charge in [-0.15, -0.1) is 0 Å². The number of nitrogens with zero attached hydrogens (tertiary/aromatic N) is 4. The molecular weight excluding hydrogens is 428 g/mol. The third kappa shape index (κ3) is 5.68. The molecule has 0 amide bonds. The number of likely N-dealkylation sites (tertiary alicyclic amines) is 1. The third-order valence-electron chi connectivity index (χ3n) is 6.41. The first-order valence-electron chi connectivity index (χ1n) is 11.7. The van der Waals surface area contributed by atoms with E-state index in [9.17, 15) is 0 Å². The van der Waals surface area contributed by atoms with Gasteiger partial charge in [-0.25, -0.2) is 4.98 Å². The van der Waals surface area contributed by atoms with Gasteiger partial charge in [0.1, 0.15) is 5.69 Å². The van der Waals surface area contributed by atoms with E-state index < -0.39 is 0 Å². The van der Waals surface area contributed by atoms with Gasteiger partial charge in [-0.3, -0.25) is 9.98 Å². The number of aryl methyl sites for hydroxylation is 1. The minimum absolute atomic E-state index is 0.526. The van der Waals surface area contributed by atoms with Gasteiger partial charge < -0.3 is 4.90 Å². The Morgan fingerprint density at radius 3 is 2.55 bits per heavy atom. The summed E-state index contributed by atoms with van der Waals surface area (Å²) in [6, 6.07) is 13.8. The standard InChI is InChI=1S/C28H27ClN4/c29-25-8-5-23(6-9-25)24-7-11-26(30-20-24)10-3-22-17-28-27(31-19-22)12-4-21(18-32-28)13-16-33-14-1-2-15-33/h5-9,11,17-21H,1-2,4,12-16H2. The number of hydrogen-bond acceptors (Lipinski definition) is 4. The highest BCUT2D eigenvalue weighted by Gasteiger charge is 2.17. The molecule has 3 aromatic rings. The van der Waals surface area contributed by atoms with Gasteiger partial charge in [0.05, 0.1) is 11.4 Å². The van der Waals surface area contributed by atoms with Gasteiger partial charge in [-0.2, -0.15) is 0 Å². The molecule has 0 radical (unpaired) electrons. The van der Waals surface area contributed by atoms with Crippen LogP contribution in [0.15, 0.2) is 59.9 Å². The van der Waals surface area contributed by atoms with Crippen molar-refractivity contribution >= 4 is 23.5 Å². The van der Waals surface area contributed by atoms with Crippen LogP contribution in [0.3, 0.4) is 0 Å². The molecule has 5 heteroatoms. The molecule has 2 aliphatic heterocycles. The first-order valence-corrected chi connectivity index (χ1v) is 12.1. The number of hydrogen-bond donors (Lipinski definition) is 0. The molecular formula is C28H27ClN4. The topological polar surface area (TPSA) is 41.4 Å². The fourth-order valence-electron chi connectivity index (χ4n) is 4.43. The highest BCUT2D eigenvalue weighted by Crippen LogP contribution is 2.26. The lowest BCUT2D eigenvalue weighted by Gasteiger charge is -2.17. The fraction of sp³-hybridized carbons (Fsp3) is 0.321. The zero-order valence-corrected chi connectivity index (χ0v) is 19.4. The van der Waals surface area contributed by atoms with E-state index in [1.54, 1.807) is 0 Å². The van der Waals surface area contributed by atoms with Crippen LogP contribution in [0.5, 0.6) is 0 Å². The van der Waals surface area contributed by atoms with Crippen molar-refractivity contribution in [2.45, 2.75) is 32.1 Å². The van der Waals surface area contributed by atoms with Gasteiger partial charge in [0, 0.05) is 34.8 Å². The quantitative estimate of drug-likeness (QED) is 0.457. The molecule has 2 aromatic heterocycles. The number of fused-ring (bicyclic) bond motifs is 1. The second kappa shape index (κ2) is 10.3. The highest BCUT2D eigenvalue weighted by molar-refractivity contribution is 6.30. The van der Waals surface area contributed by atoms with Crippen LogP contribution in [0.25, 0.3) is 11.1 Å². The van der Waals surface area contributed by atoms with E-state index in [0.29, 0.717) is 5.92 Å². The Kier molecular flexibility index (Phi) is 6.81. The number of halogens is 1. The molecule has 1 saturated heterocycles. The van der Waals surface area contributed by atoms with Gasteiger partial charge >= 0.3 is 0 Å². The van der Waals surface area contributed by atoms with Crippen LogP contribution in [0, 0.1) is 17.8 Å². The predicted octanol–water partition coefficient (Wildman–Crippen LogP) is 5.95. The molecule has 0 spiro atoms. The first-order chi connectivity index (χ1) is 16.2. The van der Waals surface area contributed by atoms with E-state index in [1.807, 2.05) is 48.8 Å². The molecule has 33 heavy (non-hydrogen) atoms. The fourth-order valence-corrected chi connectivity index (χ4v) is 4.55. The molecule has 1 fully saturated rings. The van der Waals surface area contributed by atoms with Crippen molar-refractivity contribution in [1.29, 1.82) is 0 Å². The number of aliphatic imine (C=N–C) groups is 1. The SMILES string of the molecule is Clc1ccc(-c2ccc(C#Cc3cnc4c(c3)N=CC(CCN3CCCC3)CC4)nc2)cc1. The average Bonchev–Trinajstić information content (AvgIpc) is 3.29. The van der Waals surface area contributed by atoms with Gasteiger partial charge in [0.15, 0.2) is 0 Å². The molecule has 166 valence electrons. The van der Waals surface area contributed by atoms with Crippen LogP contribution in [0.2, 0.25) is 5.02 Å². The van der Waals surface area contributed by atoms with Crippen LogP contribution in [0.4, 0.5) is 5.69 Å². The maximum atomic E-state index is 5.97. The van der Waals surface area contributed by atoms with Gasteiger partial charge in [-0.05, 0) is 93.4 Å². The largest absolute Gasteiger partial charge is 0.303 e. The first kappa shape index (κ1) is 21.8. The predicted molar refractivity (Wildman–Crippen MR) is 135 cm³/mol. The summed E-state index contributed by atoms with van der Waals surface area (Å²) in [5.74, 6) is 6.88. The van der Waals surface area contributed by atoms with Gasteiger partial charge in [0.25, 0.3) is 0 Å². The van der Waals surface area contributed by atoms with Crippen molar-refractivity contribution in [3.05, 3.63) is 76.8 Å². The highest BCUT2D eigenvalue weighted by atomic mass is 35.5. The molecule has 1 aromatic carbocycles. The molecule has 0 aliphatic carbocycles. The molecule has 0 N–H and O–H groups in total. The van der Waals surface area contributed by atoms with Crippen molar-refractivity contribution in [1.82, 2.24) is 14.9 Å². The summed E-state index contributed by atoms with van der Waals surface area (Å²) in [6.45, 7) is 3.69. The summed E-state index contributed by atoms with van der Waals surface area (Å²) < 4.78 is 0. The maximum Gasteiger partial charge on any atom is 0.113 e. The zero-order valence-electron chi connectivity index (χ0n) is 18.7. The van der Waals surface area contributed by atoms with E-state index in [2.05, 4.69) is 39.0 Å². The van der Waals surface area contributed by atoms with Crippen molar-refractivity contribution < 1.29 is 0 Å². The van der Waals surface area contributed by atoms with Crippen LogP contribution in [-0.4, -0.2) is 40.7 Å². The summed E-state index contributed by atoms with van der Waals surface area (Å²) in [7, 11) is 0. The van der Waals surface area contributed by atoms with E-state index in [4.69, 9.17) is 16.6 Å². The van der Waals surface area contributed by atoms with Crippen molar-refractivity contribution in [2.75, 3.05) is 19.6 Å². The van der Waals surface area contributed by atoms with Crippen LogP contribution in [0.1, 0.15) is 42.6 Å². The van der Waals surface area contributed by atoms with E-state index in [1.165, 1.54) is 38.9 Å². The van der Waals surface area contributed by atoms with E-state index >= 15 is 0 Å². The molecule has 1 atom stereocenters. The maximum absolute atomic E-state index is 5.97. The average molecular weight is 455 g/mol. The summed E-state index contributed by atoms with van der Waals surface area (Å²) in [4.78, 5) is 16.5. The Hall–Kier alpha value is -3.00. The van der Waals surface area contributed by atoms with Crippen LogP contribution in [-0.2, 0) is 6.42 Å². The normalized spacial score (nSPS) is 17.8. The molecule has 1 unspecified atom stereocenters. The Morgan fingerprint density at radius 1 is 0.939 bits per heavy atom. The molecule has 0 bridgehead atoms. The van der Waals surface area contributed by atoms with Crippen molar-refractivity contribution in [3.8, 4) is 23.0 Å². The van der Waals surface area contributed by atoms with Crippen molar-refractivity contribution in [3.63, 3.8) is 0 Å². The third-order valence-corrected chi connectivity index (χ3v) is 6.67. The van der Waals surface area contributed by atoms with Gasteiger partial charge in [0.2, 0.25) is 0 Å². The lowest BCUT2D eigenvalue weighted by Crippen LogP contribution is -2.23. The van der Waals surface area contributed by atoms with Crippen LogP contribution < -0.4 is 0 Å². The molecule has 2 aliphatic rings. The minimum Gasteiger partial charge on any atom is -0.303 e. The minimum atomic E-state index is 0.526. The molecule has 4 heterocycles. The number of aromatic nitrogens is 2. The summed E-state index contributed by atoms with van der Waals surface area (Å²) in [5, 5.41) is 0.727. The number of rotatable bonds is 4. The van der Waals surface area contributed by atoms with Gasteiger partial charge in [-0.1, -0.05) is 35.7 Å². The molecule has 0 saturated carbocycles. The zero-order chi connectivity index (χ0) is 22.5. The Morgan fingerprint density at radius 2 is 1.76 bits per heavy atom. The summed E-state index contributed by atoms with van der Waals surface area (Å²) >= 11 is 5.97. The molecule has 5 rings (SSSR count). The molecule has 4 nitrogen and oxygen atoms in total. The second-order valence-corrected chi connectivity index (χ2v) is 9.23. The van der Waals surface area contributed by atoms with Crippen molar-refractivity contribution in [2.24, 2.45) is 10.9 Å². The second-order valence-electron chi connectivity index (χ2n) is 8.79. The Bertz CT molecular complexity index is 1180. The monoisotopic (exact) mass is 454 g/mol. The van der Waals surface area contributed by atoms with Crippen LogP contribution >= 0.6 is 11.6 Å². The summed E-state index contributed by atoms with van der Waals surface area (Å²) in [5.41, 5.74) is 5.75. The van der Waals surface area contributed by atoms with E-state index in [0.717, 1.165) is 51.6 Å². The van der Waals surface area contributed by atoms with E-state index in [-0.39, 0.29) is 0 Å². The Balaban J connectivity index is 1.24. The lowest BCUT2D eigenvalue weighted by molar-refractivity contribution is 0.318.